The Bertz CT molecular complexity index is 651. The van der Waals surface area contributed by atoms with Gasteiger partial charge in [0, 0.05) is 18.9 Å². The van der Waals surface area contributed by atoms with Crippen molar-refractivity contribution < 1.29 is 18.3 Å². The van der Waals surface area contributed by atoms with E-state index in [-0.39, 0.29) is 12.1 Å². The Labute approximate surface area is 142 Å². The summed E-state index contributed by atoms with van der Waals surface area (Å²) >= 11 is 0. The number of aryl methyl sites for hydroxylation is 2. The SMILES string of the molecule is CCC(=O)OC(C)Cc1ccc(C)cc1.Cc1ccc(F)cc1F. The maximum atomic E-state index is 12.3. The van der Waals surface area contributed by atoms with E-state index in [1.807, 2.05) is 6.92 Å². The molecule has 0 saturated carbocycles. The highest BCUT2D eigenvalue weighted by molar-refractivity contribution is 5.69. The topological polar surface area (TPSA) is 26.3 Å². The van der Waals surface area contributed by atoms with E-state index >= 15 is 0 Å². The van der Waals surface area contributed by atoms with Crippen molar-refractivity contribution in [2.45, 2.75) is 46.6 Å². The number of hydrogen-bond acceptors (Lipinski definition) is 2. The van der Waals surface area contributed by atoms with Crippen LogP contribution in [0.4, 0.5) is 8.78 Å². The first-order chi connectivity index (χ1) is 11.3. The molecule has 2 rings (SSSR count). The number of halogens is 2. The Morgan fingerprint density at radius 1 is 1.08 bits per heavy atom. The van der Waals surface area contributed by atoms with Crippen LogP contribution >= 0.6 is 0 Å². The molecule has 0 fully saturated rings. The molecule has 130 valence electrons. The molecule has 0 aliphatic carbocycles. The highest BCUT2D eigenvalue weighted by atomic mass is 19.1. The van der Waals surface area contributed by atoms with E-state index in [1.54, 1.807) is 13.8 Å². The van der Waals surface area contributed by atoms with Gasteiger partial charge in [-0.2, -0.15) is 0 Å². The minimum atomic E-state index is -0.530. The predicted molar refractivity (Wildman–Crippen MR) is 91.8 cm³/mol. The zero-order chi connectivity index (χ0) is 18.1. The van der Waals surface area contributed by atoms with E-state index in [2.05, 4.69) is 31.2 Å². The van der Waals surface area contributed by atoms with Crippen molar-refractivity contribution in [3.63, 3.8) is 0 Å². The van der Waals surface area contributed by atoms with Crippen molar-refractivity contribution in [2.24, 2.45) is 0 Å². The van der Waals surface area contributed by atoms with Crippen LogP contribution < -0.4 is 0 Å². The Morgan fingerprint density at radius 3 is 2.21 bits per heavy atom. The molecule has 0 aromatic heterocycles. The molecule has 0 bridgehead atoms. The van der Waals surface area contributed by atoms with Crippen LogP contribution in [-0.4, -0.2) is 12.1 Å². The van der Waals surface area contributed by atoms with Gasteiger partial charge in [0.1, 0.15) is 17.7 Å². The maximum absolute atomic E-state index is 12.3. The van der Waals surface area contributed by atoms with Crippen molar-refractivity contribution >= 4 is 5.97 Å². The number of carbonyl (C=O) groups is 1. The average molecular weight is 334 g/mol. The summed E-state index contributed by atoms with van der Waals surface area (Å²) in [6.07, 6.45) is 1.18. The molecule has 1 unspecified atom stereocenters. The monoisotopic (exact) mass is 334 g/mol. The summed E-state index contributed by atoms with van der Waals surface area (Å²) in [6, 6.07) is 11.8. The second kappa shape index (κ2) is 9.81. The lowest BCUT2D eigenvalue weighted by molar-refractivity contribution is -0.147. The molecule has 0 amide bonds. The first-order valence-electron chi connectivity index (χ1n) is 7.98. The van der Waals surface area contributed by atoms with Crippen molar-refractivity contribution in [1.29, 1.82) is 0 Å². The summed E-state index contributed by atoms with van der Waals surface area (Å²) < 4.78 is 29.6. The molecule has 0 spiro atoms. The molecule has 0 heterocycles. The van der Waals surface area contributed by atoms with Crippen LogP contribution in [0.25, 0.3) is 0 Å². The minimum absolute atomic E-state index is 0.0415. The second-order valence-electron chi connectivity index (χ2n) is 5.74. The molecule has 0 saturated heterocycles. The largest absolute Gasteiger partial charge is 0.462 e. The molecule has 24 heavy (non-hydrogen) atoms. The highest BCUT2D eigenvalue weighted by Crippen LogP contribution is 2.08. The standard InChI is InChI=1S/C13H18O2.C7H6F2/c1-4-13(14)15-11(3)9-12-7-5-10(2)6-8-12;1-5-2-3-6(8)4-7(5)9/h5-8,11H,4,9H2,1-3H3;2-4H,1H3. The zero-order valence-corrected chi connectivity index (χ0v) is 14.6. The van der Waals surface area contributed by atoms with E-state index in [0.717, 1.165) is 12.5 Å². The molecule has 0 aliphatic heterocycles. The lowest BCUT2D eigenvalue weighted by atomic mass is 10.1. The number of ether oxygens (including phenoxy) is 1. The van der Waals surface area contributed by atoms with Crippen molar-refractivity contribution in [3.8, 4) is 0 Å². The fourth-order valence-corrected chi connectivity index (χ4v) is 1.97. The number of rotatable bonds is 4. The molecule has 0 aliphatic rings. The van der Waals surface area contributed by atoms with Gasteiger partial charge < -0.3 is 4.74 Å². The van der Waals surface area contributed by atoms with Crippen LogP contribution in [0.1, 0.15) is 37.0 Å². The third kappa shape index (κ3) is 7.36. The second-order valence-corrected chi connectivity index (χ2v) is 5.74. The molecule has 1 atom stereocenters. The van der Waals surface area contributed by atoms with E-state index in [4.69, 9.17) is 4.74 Å². The molecule has 0 N–H and O–H groups in total. The summed E-state index contributed by atoms with van der Waals surface area (Å²) in [5.41, 5.74) is 2.92. The Balaban J connectivity index is 0.000000272. The van der Waals surface area contributed by atoms with Crippen molar-refractivity contribution in [3.05, 3.63) is 70.8 Å². The summed E-state index contributed by atoms with van der Waals surface area (Å²) in [5, 5.41) is 0. The van der Waals surface area contributed by atoms with Gasteiger partial charge in [-0.15, -0.1) is 0 Å². The van der Waals surface area contributed by atoms with Gasteiger partial charge in [-0.3, -0.25) is 4.79 Å². The molecule has 2 aromatic carbocycles. The summed E-state index contributed by atoms with van der Waals surface area (Å²) in [5.74, 6) is -1.15. The van der Waals surface area contributed by atoms with Crippen molar-refractivity contribution in [2.75, 3.05) is 0 Å². The number of benzene rings is 2. The van der Waals surface area contributed by atoms with Gasteiger partial charge in [-0.25, -0.2) is 8.78 Å². The normalized spacial score (nSPS) is 11.2. The molecule has 2 nitrogen and oxygen atoms in total. The zero-order valence-electron chi connectivity index (χ0n) is 14.6. The number of esters is 1. The van der Waals surface area contributed by atoms with Crippen LogP contribution in [0.2, 0.25) is 0 Å². The lowest BCUT2D eigenvalue weighted by Crippen LogP contribution is -2.16. The van der Waals surface area contributed by atoms with E-state index < -0.39 is 11.6 Å². The van der Waals surface area contributed by atoms with Crippen LogP contribution in [0.5, 0.6) is 0 Å². The van der Waals surface area contributed by atoms with Gasteiger partial charge in [0.2, 0.25) is 0 Å². The Kier molecular flexibility index (Phi) is 8.10. The molecular weight excluding hydrogens is 310 g/mol. The predicted octanol–water partition coefficient (Wildman–Crippen LogP) is 5.15. The third-order valence-electron chi connectivity index (χ3n) is 3.40. The lowest BCUT2D eigenvalue weighted by Gasteiger charge is -2.12. The van der Waals surface area contributed by atoms with E-state index in [1.165, 1.54) is 23.3 Å². The molecule has 2 aromatic rings. The first kappa shape index (κ1) is 19.8. The summed E-state index contributed by atoms with van der Waals surface area (Å²) in [6.45, 7) is 7.38. The van der Waals surface area contributed by atoms with Crippen LogP contribution in [0.3, 0.4) is 0 Å². The number of hydrogen-bond donors (Lipinski definition) is 0. The van der Waals surface area contributed by atoms with Crippen molar-refractivity contribution in [1.82, 2.24) is 0 Å². The Hall–Kier alpha value is -2.23. The van der Waals surface area contributed by atoms with Crippen LogP contribution in [0, 0.1) is 25.5 Å². The van der Waals surface area contributed by atoms with E-state index in [0.29, 0.717) is 12.0 Å². The molecule has 0 radical (unpaired) electrons. The minimum Gasteiger partial charge on any atom is -0.462 e. The van der Waals surface area contributed by atoms with Gasteiger partial charge in [0.15, 0.2) is 0 Å². The van der Waals surface area contributed by atoms with Gasteiger partial charge in [0.25, 0.3) is 0 Å². The fourth-order valence-electron chi connectivity index (χ4n) is 1.97. The third-order valence-corrected chi connectivity index (χ3v) is 3.40. The summed E-state index contributed by atoms with van der Waals surface area (Å²) in [4.78, 5) is 11.0. The van der Waals surface area contributed by atoms with E-state index in [9.17, 15) is 13.6 Å². The quantitative estimate of drug-likeness (QED) is 0.723. The summed E-state index contributed by atoms with van der Waals surface area (Å²) in [7, 11) is 0. The molecule has 4 heteroatoms. The fraction of sp³-hybridized carbons (Fsp3) is 0.350. The maximum Gasteiger partial charge on any atom is 0.305 e. The highest BCUT2D eigenvalue weighted by Gasteiger charge is 2.08. The van der Waals surface area contributed by atoms with Gasteiger partial charge in [-0.05, 0) is 38.0 Å². The van der Waals surface area contributed by atoms with Gasteiger partial charge in [-0.1, -0.05) is 42.8 Å². The van der Waals surface area contributed by atoms with Gasteiger partial charge in [0.05, 0.1) is 0 Å². The first-order valence-corrected chi connectivity index (χ1v) is 7.98. The van der Waals surface area contributed by atoms with Crippen LogP contribution in [0.15, 0.2) is 42.5 Å². The molecular formula is C20H24F2O2. The van der Waals surface area contributed by atoms with Crippen LogP contribution in [-0.2, 0) is 16.0 Å². The van der Waals surface area contributed by atoms with Gasteiger partial charge >= 0.3 is 5.97 Å². The smallest absolute Gasteiger partial charge is 0.305 e. The Morgan fingerprint density at radius 2 is 1.71 bits per heavy atom. The number of carbonyl (C=O) groups excluding carboxylic acids is 1. The average Bonchev–Trinajstić information content (AvgIpc) is 2.54.